The van der Waals surface area contributed by atoms with Crippen molar-refractivity contribution in [2.24, 2.45) is 0 Å². The second-order valence-corrected chi connectivity index (χ2v) is 5.11. The van der Waals surface area contributed by atoms with Crippen LogP contribution in [-0.4, -0.2) is 5.91 Å². The summed E-state index contributed by atoms with van der Waals surface area (Å²) in [4.78, 5) is 11.4. The Bertz CT molecular complexity index is 690. The van der Waals surface area contributed by atoms with E-state index < -0.39 is 0 Å². The van der Waals surface area contributed by atoms with Gasteiger partial charge in [0.15, 0.2) is 0 Å². The Morgan fingerprint density at radius 1 is 1.22 bits per heavy atom. The number of benzene rings is 2. The molecule has 0 bridgehead atoms. The van der Waals surface area contributed by atoms with Crippen LogP contribution in [0.15, 0.2) is 48.5 Å². The molecular formula is C18H17FN2O2. The van der Waals surface area contributed by atoms with Crippen molar-refractivity contribution in [1.29, 1.82) is 5.26 Å². The second-order valence-electron chi connectivity index (χ2n) is 5.11. The van der Waals surface area contributed by atoms with Crippen molar-refractivity contribution >= 4 is 5.91 Å². The van der Waals surface area contributed by atoms with E-state index >= 15 is 0 Å². The normalized spacial score (nSPS) is 11.3. The number of hydrogen-bond acceptors (Lipinski definition) is 3. The lowest BCUT2D eigenvalue weighted by Crippen LogP contribution is -2.25. The van der Waals surface area contributed by atoms with Gasteiger partial charge in [0.25, 0.3) is 0 Å². The van der Waals surface area contributed by atoms with Gasteiger partial charge in [0.05, 0.1) is 12.1 Å². The molecule has 118 valence electrons. The summed E-state index contributed by atoms with van der Waals surface area (Å²) in [6.07, 6.45) is -0.150. The third-order valence-electron chi connectivity index (χ3n) is 3.32. The number of ether oxygens (including phenoxy) is 1. The summed E-state index contributed by atoms with van der Waals surface area (Å²) in [6.45, 7) is 2.21. The molecule has 2 aromatic carbocycles. The first-order valence-electron chi connectivity index (χ1n) is 7.22. The Balaban J connectivity index is 1.90. The SMILES string of the molecule is C[C@H](NC(=O)CC#N)c1ccc(OCc2ccc(F)cc2)cc1. The fourth-order valence-corrected chi connectivity index (χ4v) is 2.05. The lowest BCUT2D eigenvalue weighted by molar-refractivity contribution is -0.120. The minimum atomic E-state index is -0.295. The molecule has 0 aliphatic rings. The van der Waals surface area contributed by atoms with Crippen molar-refractivity contribution in [3.05, 3.63) is 65.5 Å². The Morgan fingerprint density at radius 3 is 2.48 bits per heavy atom. The van der Waals surface area contributed by atoms with Gasteiger partial charge in [0, 0.05) is 0 Å². The number of nitrogens with one attached hydrogen (secondary N) is 1. The maximum atomic E-state index is 12.8. The highest BCUT2D eigenvalue weighted by molar-refractivity contribution is 5.78. The molecule has 5 heteroatoms. The quantitative estimate of drug-likeness (QED) is 0.888. The first-order valence-corrected chi connectivity index (χ1v) is 7.22. The number of hydrogen-bond donors (Lipinski definition) is 1. The molecule has 1 amide bonds. The van der Waals surface area contributed by atoms with Gasteiger partial charge in [-0.3, -0.25) is 4.79 Å². The van der Waals surface area contributed by atoms with Crippen molar-refractivity contribution in [1.82, 2.24) is 5.32 Å². The minimum absolute atomic E-state index is 0.150. The van der Waals surface area contributed by atoms with Crippen molar-refractivity contribution in [3.8, 4) is 11.8 Å². The van der Waals surface area contributed by atoms with E-state index in [2.05, 4.69) is 5.32 Å². The summed E-state index contributed by atoms with van der Waals surface area (Å²) in [6, 6.07) is 15.1. The summed E-state index contributed by atoms with van der Waals surface area (Å²) < 4.78 is 18.5. The fraction of sp³-hybridized carbons (Fsp3) is 0.222. The lowest BCUT2D eigenvalue weighted by atomic mass is 10.1. The molecule has 0 spiro atoms. The van der Waals surface area contributed by atoms with E-state index in [0.29, 0.717) is 12.4 Å². The van der Waals surface area contributed by atoms with Gasteiger partial charge in [-0.15, -0.1) is 0 Å². The molecule has 1 N–H and O–H groups in total. The van der Waals surface area contributed by atoms with Crippen LogP contribution < -0.4 is 10.1 Å². The zero-order valence-electron chi connectivity index (χ0n) is 12.8. The number of nitrogens with zero attached hydrogens (tertiary/aromatic N) is 1. The molecular weight excluding hydrogens is 295 g/mol. The molecule has 0 unspecified atom stereocenters. The average molecular weight is 312 g/mol. The Morgan fingerprint density at radius 2 is 1.87 bits per heavy atom. The minimum Gasteiger partial charge on any atom is -0.489 e. The largest absolute Gasteiger partial charge is 0.489 e. The van der Waals surface area contributed by atoms with E-state index in [1.165, 1.54) is 12.1 Å². The molecule has 0 saturated heterocycles. The van der Waals surface area contributed by atoms with Gasteiger partial charge in [-0.1, -0.05) is 24.3 Å². The Labute approximate surface area is 134 Å². The maximum Gasteiger partial charge on any atom is 0.234 e. The summed E-state index contributed by atoms with van der Waals surface area (Å²) in [5.74, 6) is 0.121. The summed E-state index contributed by atoms with van der Waals surface area (Å²) in [5, 5.41) is 11.2. The van der Waals surface area contributed by atoms with E-state index in [1.807, 2.05) is 37.3 Å². The average Bonchev–Trinajstić information content (AvgIpc) is 2.55. The highest BCUT2D eigenvalue weighted by Gasteiger charge is 2.09. The molecule has 0 saturated carbocycles. The van der Waals surface area contributed by atoms with Gasteiger partial charge in [-0.25, -0.2) is 4.39 Å². The van der Waals surface area contributed by atoms with Crippen LogP contribution in [-0.2, 0) is 11.4 Å². The molecule has 2 aromatic rings. The molecule has 0 heterocycles. The third kappa shape index (κ3) is 5.11. The Kier molecular flexibility index (Phi) is 5.70. The number of nitriles is 1. The predicted octanol–water partition coefficient (Wildman–Crippen LogP) is 3.50. The van der Waals surface area contributed by atoms with Crippen LogP contribution >= 0.6 is 0 Å². The van der Waals surface area contributed by atoms with Crippen LogP contribution in [0.2, 0.25) is 0 Å². The number of halogens is 1. The zero-order chi connectivity index (χ0) is 16.7. The van der Waals surface area contributed by atoms with E-state index in [0.717, 1.165) is 11.1 Å². The van der Waals surface area contributed by atoms with Crippen LogP contribution in [0.5, 0.6) is 5.75 Å². The van der Waals surface area contributed by atoms with Gasteiger partial charge in [0.2, 0.25) is 5.91 Å². The van der Waals surface area contributed by atoms with Gasteiger partial charge in [-0.2, -0.15) is 5.26 Å². The van der Waals surface area contributed by atoms with Gasteiger partial charge in [0.1, 0.15) is 24.6 Å². The van der Waals surface area contributed by atoms with Crippen molar-refractivity contribution in [2.75, 3.05) is 0 Å². The second kappa shape index (κ2) is 7.95. The summed E-state index contributed by atoms with van der Waals surface area (Å²) in [7, 11) is 0. The standard InChI is InChI=1S/C18H17FN2O2/c1-13(21-18(22)10-11-20)15-4-8-17(9-5-15)23-12-14-2-6-16(19)7-3-14/h2-9,13H,10,12H2,1H3,(H,21,22)/t13-/m0/s1. The lowest BCUT2D eigenvalue weighted by Gasteiger charge is -2.14. The molecule has 4 nitrogen and oxygen atoms in total. The first kappa shape index (κ1) is 16.5. The molecule has 0 aliphatic carbocycles. The first-order chi connectivity index (χ1) is 11.1. The van der Waals surface area contributed by atoms with E-state index in [-0.39, 0.29) is 24.2 Å². The number of amides is 1. The topological polar surface area (TPSA) is 62.1 Å². The maximum absolute atomic E-state index is 12.8. The van der Waals surface area contributed by atoms with Crippen molar-refractivity contribution in [3.63, 3.8) is 0 Å². The van der Waals surface area contributed by atoms with Crippen LogP contribution in [0.3, 0.4) is 0 Å². The highest BCUT2D eigenvalue weighted by atomic mass is 19.1. The molecule has 2 rings (SSSR count). The molecule has 1 atom stereocenters. The molecule has 0 aromatic heterocycles. The monoisotopic (exact) mass is 312 g/mol. The van der Waals surface area contributed by atoms with Crippen LogP contribution in [0.25, 0.3) is 0 Å². The summed E-state index contributed by atoms with van der Waals surface area (Å²) >= 11 is 0. The van der Waals surface area contributed by atoms with Crippen LogP contribution in [0.4, 0.5) is 4.39 Å². The van der Waals surface area contributed by atoms with Gasteiger partial charge >= 0.3 is 0 Å². The predicted molar refractivity (Wildman–Crippen MR) is 84.0 cm³/mol. The molecule has 23 heavy (non-hydrogen) atoms. The zero-order valence-corrected chi connectivity index (χ0v) is 12.8. The summed E-state index contributed by atoms with van der Waals surface area (Å²) in [5.41, 5.74) is 1.80. The van der Waals surface area contributed by atoms with E-state index in [1.54, 1.807) is 12.1 Å². The van der Waals surface area contributed by atoms with Gasteiger partial charge in [-0.05, 0) is 42.3 Å². The van der Waals surface area contributed by atoms with Crippen LogP contribution in [0.1, 0.15) is 30.5 Å². The van der Waals surface area contributed by atoms with E-state index in [4.69, 9.17) is 10.00 Å². The van der Waals surface area contributed by atoms with E-state index in [9.17, 15) is 9.18 Å². The molecule has 0 fully saturated rings. The number of carbonyl (C=O) groups is 1. The molecule has 0 aliphatic heterocycles. The molecule has 0 radical (unpaired) electrons. The van der Waals surface area contributed by atoms with Crippen molar-refractivity contribution in [2.45, 2.75) is 26.0 Å². The van der Waals surface area contributed by atoms with Crippen molar-refractivity contribution < 1.29 is 13.9 Å². The smallest absolute Gasteiger partial charge is 0.234 e. The fourth-order valence-electron chi connectivity index (χ4n) is 2.05. The van der Waals surface area contributed by atoms with Crippen LogP contribution in [0, 0.1) is 17.1 Å². The highest BCUT2D eigenvalue weighted by Crippen LogP contribution is 2.18. The number of rotatable bonds is 6. The van der Waals surface area contributed by atoms with Gasteiger partial charge < -0.3 is 10.1 Å². The number of carbonyl (C=O) groups excluding carboxylic acids is 1. The third-order valence-corrected chi connectivity index (χ3v) is 3.32. The Hall–Kier alpha value is -2.87.